The number of carbonyl (C=O) groups excluding carboxylic acids is 1. The van der Waals surface area contributed by atoms with Gasteiger partial charge < -0.3 is 25.2 Å². The van der Waals surface area contributed by atoms with Crippen molar-refractivity contribution < 1.29 is 19.4 Å². The van der Waals surface area contributed by atoms with Crippen molar-refractivity contribution in [3.63, 3.8) is 0 Å². The number of nitrogens with two attached hydrogens (primary N) is 1. The molecule has 7 nitrogen and oxygen atoms in total. The molecule has 0 spiro atoms. The van der Waals surface area contributed by atoms with E-state index >= 15 is 0 Å². The van der Waals surface area contributed by atoms with Gasteiger partial charge in [-0.15, -0.1) is 0 Å². The molecule has 0 aromatic carbocycles. The number of primary amides is 1. The molecule has 0 aromatic heterocycles. The van der Waals surface area contributed by atoms with Crippen LogP contribution in [0.25, 0.3) is 0 Å². The quantitative estimate of drug-likeness (QED) is 0.642. The van der Waals surface area contributed by atoms with Gasteiger partial charge in [0.15, 0.2) is 5.79 Å². The second kappa shape index (κ2) is 5.10. The molecule has 3 aliphatic heterocycles. The molecule has 2 saturated heterocycles. The molecule has 116 valence electrons. The molecule has 1 amide bonds. The summed E-state index contributed by atoms with van der Waals surface area (Å²) in [7, 11) is 0. The van der Waals surface area contributed by atoms with Crippen molar-refractivity contribution in [1.82, 2.24) is 10.2 Å². The zero-order valence-electron chi connectivity index (χ0n) is 12.2. The molecule has 3 rings (SSSR count). The van der Waals surface area contributed by atoms with Gasteiger partial charge in [-0.3, -0.25) is 10.1 Å². The van der Waals surface area contributed by atoms with Crippen LogP contribution in [0.1, 0.15) is 20.3 Å². The van der Waals surface area contributed by atoms with Crippen molar-refractivity contribution in [2.45, 2.75) is 50.5 Å². The van der Waals surface area contributed by atoms with Crippen molar-refractivity contribution >= 4 is 5.91 Å². The maximum atomic E-state index is 11.3. The molecule has 0 aliphatic carbocycles. The lowest BCUT2D eigenvalue weighted by Gasteiger charge is -2.31. The molecule has 0 aromatic rings. The number of aliphatic hydroxyl groups is 1. The third-order valence-electron chi connectivity index (χ3n) is 4.01. The number of aliphatic hydroxyl groups excluding tert-OH is 1. The molecule has 0 radical (unpaired) electrons. The van der Waals surface area contributed by atoms with E-state index < -0.39 is 11.7 Å². The highest BCUT2D eigenvalue weighted by atomic mass is 16.8. The highest BCUT2D eigenvalue weighted by Crippen LogP contribution is 2.37. The van der Waals surface area contributed by atoms with Crippen LogP contribution in [0.4, 0.5) is 0 Å². The van der Waals surface area contributed by atoms with Gasteiger partial charge in [-0.2, -0.15) is 0 Å². The van der Waals surface area contributed by atoms with Gasteiger partial charge in [-0.25, -0.2) is 0 Å². The monoisotopic (exact) mass is 295 g/mol. The Hall–Kier alpha value is -1.41. The first-order chi connectivity index (χ1) is 9.91. The van der Waals surface area contributed by atoms with Crippen LogP contribution in [0.5, 0.6) is 0 Å². The third kappa shape index (κ3) is 2.57. The summed E-state index contributed by atoms with van der Waals surface area (Å²) in [5.74, 6) is -1.11. The van der Waals surface area contributed by atoms with Gasteiger partial charge in [-0.05, 0) is 20.3 Å². The molecular weight excluding hydrogens is 274 g/mol. The predicted molar refractivity (Wildman–Crippen MR) is 74.5 cm³/mol. The fourth-order valence-electron chi connectivity index (χ4n) is 3.11. The van der Waals surface area contributed by atoms with Crippen LogP contribution in [-0.2, 0) is 14.3 Å². The van der Waals surface area contributed by atoms with E-state index in [1.54, 1.807) is 6.20 Å². The highest BCUT2D eigenvalue weighted by molar-refractivity contribution is 5.92. The SMILES string of the molecule is CC1(C)O[C@@H]2C(CO)NC(N3C=CCC(C(N)=O)=C3)[C@@H]2O1. The van der Waals surface area contributed by atoms with Crippen LogP contribution in [-0.4, -0.2) is 52.7 Å². The molecule has 21 heavy (non-hydrogen) atoms. The zero-order valence-corrected chi connectivity index (χ0v) is 12.2. The predicted octanol–water partition coefficient (Wildman–Crippen LogP) is -0.615. The van der Waals surface area contributed by atoms with E-state index in [-0.39, 0.29) is 31.0 Å². The molecule has 3 heterocycles. The number of hydrogen-bond acceptors (Lipinski definition) is 6. The van der Waals surface area contributed by atoms with Crippen molar-refractivity contribution in [2.75, 3.05) is 6.61 Å². The summed E-state index contributed by atoms with van der Waals surface area (Å²) in [4.78, 5) is 13.2. The first-order valence-electron chi connectivity index (χ1n) is 7.08. The first-order valence-corrected chi connectivity index (χ1v) is 7.08. The second-order valence-electron chi connectivity index (χ2n) is 6.02. The minimum atomic E-state index is -0.682. The Morgan fingerprint density at radius 2 is 2.24 bits per heavy atom. The van der Waals surface area contributed by atoms with E-state index in [9.17, 15) is 9.90 Å². The molecule has 0 saturated carbocycles. The van der Waals surface area contributed by atoms with Crippen LogP contribution in [0, 0.1) is 0 Å². The van der Waals surface area contributed by atoms with Gasteiger partial charge in [0.2, 0.25) is 5.91 Å². The number of hydrogen-bond donors (Lipinski definition) is 3. The Morgan fingerprint density at radius 1 is 1.52 bits per heavy atom. The normalized spacial score (nSPS) is 37.5. The molecule has 2 unspecified atom stereocenters. The topological polar surface area (TPSA) is 97.0 Å². The second-order valence-corrected chi connectivity index (χ2v) is 6.02. The number of fused-ring (bicyclic) bond motifs is 1. The molecule has 7 heteroatoms. The lowest BCUT2D eigenvalue weighted by Crippen LogP contribution is -2.47. The lowest BCUT2D eigenvalue weighted by molar-refractivity contribution is -0.161. The van der Waals surface area contributed by atoms with E-state index in [0.717, 1.165) is 0 Å². The van der Waals surface area contributed by atoms with Crippen molar-refractivity contribution in [1.29, 1.82) is 0 Å². The van der Waals surface area contributed by atoms with Crippen molar-refractivity contribution in [2.24, 2.45) is 5.73 Å². The smallest absolute Gasteiger partial charge is 0.246 e. The number of amides is 1. The number of allylic oxidation sites excluding steroid dienone is 1. The fourth-order valence-corrected chi connectivity index (χ4v) is 3.11. The van der Waals surface area contributed by atoms with E-state index in [2.05, 4.69) is 5.32 Å². The zero-order chi connectivity index (χ0) is 15.2. The van der Waals surface area contributed by atoms with E-state index in [1.165, 1.54) is 0 Å². The fraction of sp³-hybridized carbons (Fsp3) is 0.643. The lowest BCUT2D eigenvalue weighted by atomic mass is 10.1. The van der Waals surface area contributed by atoms with Crippen LogP contribution in [0.3, 0.4) is 0 Å². The molecular formula is C14H21N3O4. The Kier molecular flexibility index (Phi) is 3.53. The summed E-state index contributed by atoms with van der Waals surface area (Å²) in [6, 6.07) is -0.206. The Labute approximate surface area is 123 Å². The Balaban J connectivity index is 1.84. The standard InChI is InChI=1S/C14H21N3O4/c1-14(2)20-10-9(7-18)16-13(11(10)21-14)17-5-3-4-8(6-17)12(15)19/h3,5-6,9-11,13,16,18H,4,7H2,1-2H3,(H2,15,19)/t9?,10-,11-,13?/m1/s1. The Morgan fingerprint density at radius 3 is 2.90 bits per heavy atom. The van der Waals surface area contributed by atoms with Gasteiger partial charge in [-0.1, -0.05) is 6.08 Å². The molecule has 4 atom stereocenters. The van der Waals surface area contributed by atoms with Gasteiger partial charge >= 0.3 is 0 Å². The van der Waals surface area contributed by atoms with Gasteiger partial charge in [0, 0.05) is 18.0 Å². The van der Waals surface area contributed by atoms with E-state index in [0.29, 0.717) is 12.0 Å². The molecule has 4 N–H and O–H groups in total. The summed E-state index contributed by atoms with van der Waals surface area (Å²) in [5.41, 5.74) is 5.89. The minimum Gasteiger partial charge on any atom is -0.395 e. The van der Waals surface area contributed by atoms with Gasteiger partial charge in [0.25, 0.3) is 0 Å². The Bertz CT molecular complexity index is 502. The summed E-state index contributed by atoms with van der Waals surface area (Å²) in [6.07, 6.45) is 5.35. The van der Waals surface area contributed by atoms with Crippen LogP contribution in [0.15, 0.2) is 24.0 Å². The summed E-state index contributed by atoms with van der Waals surface area (Å²) in [6.45, 7) is 3.67. The summed E-state index contributed by atoms with van der Waals surface area (Å²) in [5, 5.41) is 12.8. The summed E-state index contributed by atoms with van der Waals surface area (Å²) >= 11 is 0. The largest absolute Gasteiger partial charge is 0.395 e. The maximum Gasteiger partial charge on any atom is 0.246 e. The maximum absolute atomic E-state index is 11.3. The molecule has 3 aliphatic rings. The first kappa shape index (κ1) is 14.5. The molecule has 2 fully saturated rings. The van der Waals surface area contributed by atoms with Crippen LogP contribution >= 0.6 is 0 Å². The minimum absolute atomic E-state index is 0.0406. The number of nitrogens with one attached hydrogen (secondary N) is 1. The average molecular weight is 295 g/mol. The number of nitrogens with zero attached hydrogens (tertiary/aromatic N) is 1. The van der Waals surface area contributed by atoms with Gasteiger partial charge in [0.1, 0.15) is 18.4 Å². The third-order valence-corrected chi connectivity index (χ3v) is 4.01. The number of rotatable bonds is 3. The van der Waals surface area contributed by atoms with Crippen LogP contribution < -0.4 is 11.1 Å². The van der Waals surface area contributed by atoms with Gasteiger partial charge in [0.05, 0.1) is 12.6 Å². The summed E-state index contributed by atoms with van der Waals surface area (Å²) < 4.78 is 11.8. The number of ether oxygens (including phenoxy) is 2. The van der Waals surface area contributed by atoms with Crippen molar-refractivity contribution in [3.05, 3.63) is 24.0 Å². The highest BCUT2D eigenvalue weighted by Gasteiger charge is 2.54. The average Bonchev–Trinajstić information content (AvgIpc) is 2.91. The molecule has 0 bridgehead atoms. The van der Waals surface area contributed by atoms with E-state index in [4.69, 9.17) is 15.2 Å². The van der Waals surface area contributed by atoms with Crippen LogP contribution in [0.2, 0.25) is 0 Å². The number of carbonyl (C=O) groups is 1. The van der Waals surface area contributed by atoms with E-state index in [1.807, 2.05) is 31.0 Å². The van der Waals surface area contributed by atoms with Crippen molar-refractivity contribution in [3.8, 4) is 0 Å².